The number of aryl methyl sites for hydroxylation is 1. The zero-order valence-electron chi connectivity index (χ0n) is 19.2. The summed E-state index contributed by atoms with van der Waals surface area (Å²) >= 11 is 1.10. The lowest BCUT2D eigenvalue weighted by Gasteiger charge is -2.32. The molecule has 2 saturated heterocycles. The van der Waals surface area contributed by atoms with Crippen molar-refractivity contribution >= 4 is 39.8 Å². The second-order valence-corrected chi connectivity index (χ2v) is 9.56. The van der Waals surface area contributed by atoms with Gasteiger partial charge in [0.25, 0.3) is 5.91 Å². The third-order valence-electron chi connectivity index (χ3n) is 6.02. The van der Waals surface area contributed by atoms with Crippen LogP contribution in [0.3, 0.4) is 0 Å². The van der Waals surface area contributed by atoms with E-state index in [0.717, 1.165) is 42.8 Å². The van der Waals surface area contributed by atoms with Crippen LogP contribution in [0.15, 0.2) is 35.6 Å². The van der Waals surface area contributed by atoms with E-state index in [1.807, 2.05) is 11.8 Å². The third kappa shape index (κ3) is 5.54. The van der Waals surface area contributed by atoms with Gasteiger partial charge < -0.3 is 31.7 Å². The Kier molecular flexibility index (Phi) is 7.13. The number of anilines is 1. The molecule has 11 heteroatoms. The lowest BCUT2D eigenvalue weighted by Crippen LogP contribution is -2.54. The number of piperazine rings is 1. The fourth-order valence-corrected chi connectivity index (χ4v) is 4.88. The molecule has 2 bridgehead atoms. The number of nitrogens with two attached hydrogens (primary N) is 1. The summed E-state index contributed by atoms with van der Waals surface area (Å²) in [6, 6.07) is 4.16. The summed E-state index contributed by atoms with van der Waals surface area (Å²) in [6.07, 6.45) is 6.83. The Hall–Kier alpha value is -3.44. The first-order valence-corrected chi connectivity index (χ1v) is 12.0. The maximum Gasteiger partial charge on any atom is 0.267 e. The summed E-state index contributed by atoms with van der Waals surface area (Å²) in [4.78, 5) is 35.6. The number of hydrogen-bond acceptors (Lipinski definition) is 8. The molecule has 0 spiro atoms. The molecule has 2 amide bonds. The van der Waals surface area contributed by atoms with E-state index in [1.165, 1.54) is 6.20 Å². The number of amides is 2. The SMILES string of the molecule is Cc1ccc(O)c(C)c1NC(=O)c1cnc(/N=C(N)\C=C/NCC(=O)N2CC3CCC(C2)N3)s1. The molecule has 2 unspecified atom stereocenters. The summed E-state index contributed by atoms with van der Waals surface area (Å²) in [7, 11) is 0. The zero-order chi connectivity index (χ0) is 24.2. The Bertz CT molecular complexity index is 1130. The summed E-state index contributed by atoms with van der Waals surface area (Å²) in [5.74, 6) is 0.0318. The maximum absolute atomic E-state index is 12.6. The van der Waals surface area contributed by atoms with Crippen molar-refractivity contribution in [1.29, 1.82) is 0 Å². The van der Waals surface area contributed by atoms with Gasteiger partial charge in [-0.2, -0.15) is 0 Å². The molecule has 0 aliphatic carbocycles. The molecule has 2 atom stereocenters. The van der Waals surface area contributed by atoms with Crippen LogP contribution in [-0.4, -0.2) is 64.4 Å². The van der Waals surface area contributed by atoms with Crippen LogP contribution in [0.25, 0.3) is 0 Å². The molecule has 2 aliphatic heterocycles. The van der Waals surface area contributed by atoms with Gasteiger partial charge in [-0.15, -0.1) is 0 Å². The number of aromatic hydroxyl groups is 1. The highest BCUT2D eigenvalue weighted by Gasteiger charge is 2.33. The Morgan fingerprint density at radius 3 is 2.79 bits per heavy atom. The van der Waals surface area contributed by atoms with E-state index >= 15 is 0 Å². The number of phenolic OH excluding ortho intramolecular Hbond substituents is 1. The molecule has 0 saturated carbocycles. The number of benzene rings is 1. The number of aliphatic imine (C=N–C) groups is 1. The first-order valence-electron chi connectivity index (χ1n) is 11.1. The molecule has 0 radical (unpaired) electrons. The lowest BCUT2D eigenvalue weighted by atomic mass is 10.1. The van der Waals surface area contributed by atoms with Gasteiger partial charge >= 0.3 is 0 Å². The number of hydrogen-bond donors (Lipinski definition) is 5. The minimum atomic E-state index is -0.341. The molecule has 2 aromatic rings. The highest BCUT2D eigenvalue weighted by Crippen LogP contribution is 2.29. The van der Waals surface area contributed by atoms with E-state index in [-0.39, 0.29) is 29.9 Å². The Morgan fingerprint density at radius 1 is 1.32 bits per heavy atom. The number of nitrogens with one attached hydrogen (secondary N) is 3. The molecule has 1 aromatic heterocycles. The van der Waals surface area contributed by atoms with E-state index in [0.29, 0.717) is 33.3 Å². The number of aromatic nitrogens is 1. The second-order valence-electron chi connectivity index (χ2n) is 8.55. The van der Waals surface area contributed by atoms with E-state index in [1.54, 1.807) is 31.3 Å². The number of fused-ring (bicyclic) bond motifs is 2. The largest absolute Gasteiger partial charge is 0.508 e. The number of carbonyl (C=O) groups is 2. The van der Waals surface area contributed by atoms with Gasteiger partial charge in [0, 0.05) is 36.9 Å². The first-order chi connectivity index (χ1) is 16.3. The number of phenols is 1. The van der Waals surface area contributed by atoms with Gasteiger partial charge in [0.05, 0.1) is 18.4 Å². The molecule has 10 nitrogen and oxygen atoms in total. The number of carbonyl (C=O) groups excluding carboxylic acids is 2. The van der Waals surface area contributed by atoms with Crippen molar-refractivity contribution in [3.05, 3.63) is 46.6 Å². The molecule has 34 heavy (non-hydrogen) atoms. The number of likely N-dealkylation sites (tertiary alicyclic amines) is 1. The third-order valence-corrected chi connectivity index (χ3v) is 6.91. The Labute approximate surface area is 202 Å². The van der Waals surface area contributed by atoms with Crippen molar-refractivity contribution in [3.63, 3.8) is 0 Å². The van der Waals surface area contributed by atoms with E-state index in [9.17, 15) is 14.7 Å². The highest BCUT2D eigenvalue weighted by atomic mass is 32.1. The summed E-state index contributed by atoms with van der Waals surface area (Å²) in [5, 5.41) is 19.5. The van der Waals surface area contributed by atoms with Crippen molar-refractivity contribution < 1.29 is 14.7 Å². The highest BCUT2D eigenvalue weighted by molar-refractivity contribution is 7.17. The van der Waals surface area contributed by atoms with Crippen LogP contribution < -0.4 is 21.7 Å². The summed E-state index contributed by atoms with van der Waals surface area (Å²) < 4.78 is 0. The van der Waals surface area contributed by atoms with E-state index in [4.69, 9.17) is 5.73 Å². The topological polar surface area (TPSA) is 145 Å². The van der Waals surface area contributed by atoms with Crippen molar-refractivity contribution in [2.75, 3.05) is 25.0 Å². The van der Waals surface area contributed by atoms with Crippen LogP contribution >= 0.6 is 11.3 Å². The summed E-state index contributed by atoms with van der Waals surface area (Å²) in [5.41, 5.74) is 7.94. The molecule has 3 heterocycles. The van der Waals surface area contributed by atoms with Crippen molar-refractivity contribution in [2.24, 2.45) is 10.7 Å². The Morgan fingerprint density at radius 2 is 2.06 bits per heavy atom. The standard InChI is InChI=1S/C23H29N7O3S/c1-13-3-6-17(31)14(2)21(13)29-22(33)18-9-26-23(34-18)28-19(24)7-8-25-10-20(32)30-11-15-4-5-16(12-30)27-15/h3,6-9,15-16,25,27,31H,4-5,10-12H2,1-2H3,(H,29,33)(H2,24,26,28)/b8-7-. The Balaban J connectivity index is 1.28. The maximum atomic E-state index is 12.6. The van der Waals surface area contributed by atoms with Crippen LogP contribution in [0.2, 0.25) is 0 Å². The van der Waals surface area contributed by atoms with Crippen molar-refractivity contribution in [2.45, 2.75) is 38.8 Å². The lowest BCUT2D eigenvalue weighted by molar-refractivity contribution is -0.131. The molecule has 1 aromatic carbocycles. The smallest absolute Gasteiger partial charge is 0.267 e. The molecular formula is C23H29N7O3S. The second kappa shape index (κ2) is 10.2. The molecular weight excluding hydrogens is 454 g/mol. The molecule has 6 N–H and O–H groups in total. The van der Waals surface area contributed by atoms with Gasteiger partial charge in [-0.1, -0.05) is 17.4 Å². The average Bonchev–Trinajstić information content (AvgIpc) is 3.42. The van der Waals surface area contributed by atoms with Crippen molar-refractivity contribution in [1.82, 2.24) is 20.5 Å². The normalized spacial score (nSPS) is 20.1. The minimum Gasteiger partial charge on any atom is -0.508 e. The van der Waals surface area contributed by atoms with Gasteiger partial charge in [-0.05, 0) is 44.4 Å². The van der Waals surface area contributed by atoms with Gasteiger partial charge in [0.15, 0.2) is 0 Å². The average molecular weight is 484 g/mol. The molecule has 2 fully saturated rings. The molecule has 4 rings (SSSR count). The fraction of sp³-hybridized carbons (Fsp3) is 0.391. The predicted molar refractivity (Wildman–Crippen MR) is 133 cm³/mol. The molecule has 2 aliphatic rings. The van der Waals surface area contributed by atoms with Crippen LogP contribution in [0, 0.1) is 13.8 Å². The minimum absolute atomic E-state index is 0.0614. The van der Waals surface area contributed by atoms with Crippen LogP contribution in [0.4, 0.5) is 10.8 Å². The zero-order valence-corrected chi connectivity index (χ0v) is 20.0. The number of nitrogens with zero attached hydrogens (tertiary/aromatic N) is 3. The van der Waals surface area contributed by atoms with Crippen LogP contribution in [0.5, 0.6) is 5.75 Å². The molecule has 180 valence electrons. The van der Waals surface area contributed by atoms with Crippen LogP contribution in [-0.2, 0) is 4.79 Å². The monoisotopic (exact) mass is 483 g/mol. The van der Waals surface area contributed by atoms with E-state index in [2.05, 4.69) is 25.9 Å². The van der Waals surface area contributed by atoms with Crippen molar-refractivity contribution in [3.8, 4) is 5.75 Å². The quantitative estimate of drug-likeness (QED) is 0.298. The number of rotatable bonds is 7. The first kappa shape index (κ1) is 23.7. The van der Waals surface area contributed by atoms with Gasteiger partial charge in [0.1, 0.15) is 16.5 Å². The fourth-order valence-electron chi connectivity index (χ4n) is 4.18. The predicted octanol–water partition coefficient (Wildman–Crippen LogP) is 1.77. The van der Waals surface area contributed by atoms with Gasteiger partial charge in [0.2, 0.25) is 11.0 Å². The van der Waals surface area contributed by atoms with Gasteiger partial charge in [-0.3, -0.25) is 9.59 Å². The summed E-state index contributed by atoms with van der Waals surface area (Å²) in [6.45, 7) is 5.30. The number of thiazole rings is 1. The number of amidine groups is 1. The van der Waals surface area contributed by atoms with Gasteiger partial charge in [-0.25, -0.2) is 9.98 Å². The van der Waals surface area contributed by atoms with E-state index < -0.39 is 0 Å². The van der Waals surface area contributed by atoms with Crippen LogP contribution in [0.1, 0.15) is 33.6 Å².